The van der Waals surface area contributed by atoms with E-state index in [0.29, 0.717) is 29.0 Å². The van der Waals surface area contributed by atoms with Crippen molar-refractivity contribution >= 4 is 46.2 Å². The van der Waals surface area contributed by atoms with Crippen LogP contribution in [0.1, 0.15) is 34.1 Å². The number of amidine groups is 1. The first-order valence-electron chi connectivity index (χ1n) is 8.90. The molecule has 2 aliphatic rings. The number of rotatable bonds is 2. The van der Waals surface area contributed by atoms with Gasteiger partial charge >= 0.3 is 6.09 Å². The number of thioether (sulfide) groups is 1. The zero-order valence-electron chi connectivity index (χ0n) is 15.9. The molecule has 0 aliphatic carbocycles. The lowest BCUT2D eigenvalue weighted by Crippen LogP contribution is -2.43. The summed E-state index contributed by atoms with van der Waals surface area (Å²) in [6, 6.07) is 7.25. The molecule has 6 nitrogen and oxygen atoms in total. The largest absolute Gasteiger partial charge is 0.444 e. The van der Waals surface area contributed by atoms with Crippen LogP contribution in [-0.2, 0) is 9.53 Å². The molecule has 146 valence electrons. The minimum absolute atomic E-state index is 0.0222. The van der Waals surface area contributed by atoms with Crippen LogP contribution in [0.25, 0.3) is 0 Å². The summed E-state index contributed by atoms with van der Waals surface area (Å²) < 4.78 is 4.76. The molecule has 2 saturated heterocycles. The second-order valence-electron chi connectivity index (χ2n) is 7.94. The summed E-state index contributed by atoms with van der Waals surface area (Å²) in [6.45, 7) is 8.52. The predicted molar refractivity (Wildman–Crippen MR) is 109 cm³/mol. The summed E-state index contributed by atoms with van der Waals surface area (Å²) in [5, 5.41) is 3.93. The van der Waals surface area contributed by atoms with Gasteiger partial charge < -0.3 is 15.0 Å². The van der Waals surface area contributed by atoms with Gasteiger partial charge in [-0.25, -0.2) is 9.79 Å². The molecule has 0 saturated carbocycles. The molecule has 2 amide bonds. The highest BCUT2D eigenvalue weighted by molar-refractivity contribution is 8.16. The summed E-state index contributed by atoms with van der Waals surface area (Å²) in [5.41, 5.74) is 0.0841. The molecule has 2 fully saturated rings. The first-order valence-corrected chi connectivity index (χ1v) is 10.1. The number of carbonyl (C=O) groups is 2. The van der Waals surface area contributed by atoms with E-state index in [-0.39, 0.29) is 17.9 Å². The number of hydrogen-bond donors (Lipinski definition) is 1. The fourth-order valence-corrected chi connectivity index (χ4v) is 4.54. The van der Waals surface area contributed by atoms with Gasteiger partial charge in [0.25, 0.3) is 0 Å². The van der Waals surface area contributed by atoms with Crippen molar-refractivity contribution in [1.82, 2.24) is 10.2 Å². The van der Waals surface area contributed by atoms with Gasteiger partial charge in [-0.1, -0.05) is 35.5 Å². The van der Waals surface area contributed by atoms with Crippen molar-refractivity contribution in [2.75, 3.05) is 13.1 Å². The zero-order chi connectivity index (χ0) is 19.8. The Morgan fingerprint density at radius 3 is 2.78 bits per heavy atom. The van der Waals surface area contributed by atoms with Crippen LogP contribution >= 0.6 is 23.4 Å². The Morgan fingerprint density at radius 1 is 1.41 bits per heavy atom. The summed E-state index contributed by atoms with van der Waals surface area (Å²) >= 11 is 7.56. The van der Waals surface area contributed by atoms with E-state index in [4.69, 9.17) is 16.3 Å². The average molecular weight is 410 g/mol. The summed E-state index contributed by atoms with van der Waals surface area (Å²) in [5.74, 6) is -0.0664. The van der Waals surface area contributed by atoms with Gasteiger partial charge in [0.1, 0.15) is 10.3 Å². The second-order valence-corrected chi connectivity index (χ2v) is 9.79. The number of ether oxygens (including phenoxy) is 1. The number of hydrogen-bond acceptors (Lipinski definition) is 5. The van der Waals surface area contributed by atoms with Crippen molar-refractivity contribution < 1.29 is 14.3 Å². The quantitative estimate of drug-likeness (QED) is 0.794. The van der Waals surface area contributed by atoms with Crippen LogP contribution in [0.4, 0.5) is 10.5 Å². The third kappa shape index (κ3) is 4.41. The maximum absolute atomic E-state index is 12.7. The molecule has 1 N–H and O–H groups in total. The number of para-hydroxylation sites is 1. The molecule has 0 bridgehead atoms. The van der Waals surface area contributed by atoms with Crippen LogP contribution in [0, 0.1) is 5.92 Å². The molecular formula is C19H24ClN3O3S. The van der Waals surface area contributed by atoms with E-state index in [1.165, 1.54) is 11.8 Å². The Kier molecular flexibility index (Phi) is 5.45. The standard InChI is InChI=1S/C19H24ClN3O3S/c1-18(2,3)26-17(25)23-10-9-12(11-23)19(4)15(24)22-16(27-19)21-14-8-6-5-7-13(14)20/h5-8,12H,9-11H2,1-4H3,(H,21,22,24). The highest BCUT2D eigenvalue weighted by atomic mass is 35.5. The smallest absolute Gasteiger partial charge is 0.410 e. The molecule has 27 heavy (non-hydrogen) atoms. The molecule has 1 aromatic carbocycles. The van der Waals surface area contributed by atoms with E-state index < -0.39 is 10.3 Å². The van der Waals surface area contributed by atoms with Gasteiger partial charge in [-0.15, -0.1) is 0 Å². The molecule has 2 unspecified atom stereocenters. The lowest BCUT2D eigenvalue weighted by molar-refractivity contribution is -0.122. The highest BCUT2D eigenvalue weighted by Crippen LogP contribution is 2.43. The van der Waals surface area contributed by atoms with Crippen molar-refractivity contribution in [3.05, 3.63) is 29.3 Å². The van der Waals surface area contributed by atoms with Crippen molar-refractivity contribution in [3.63, 3.8) is 0 Å². The topological polar surface area (TPSA) is 71.0 Å². The Morgan fingerprint density at radius 2 is 2.11 bits per heavy atom. The molecule has 0 spiro atoms. The van der Waals surface area contributed by atoms with E-state index in [0.717, 1.165) is 6.42 Å². The molecular weight excluding hydrogens is 386 g/mol. The fraction of sp³-hybridized carbons (Fsp3) is 0.526. The number of aliphatic imine (C=N–C) groups is 1. The number of nitrogens with zero attached hydrogens (tertiary/aromatic N) is 2. The number of halogens is 1. The van der Waals surface area contributed by atoms with E-state index in [9.17, 15) is 9.59 Å². The van der Waals surface area contributed by atoms with Gasteiger partial charge in [0.05, 0.1) is 10.7 Å². The lowest BCUT2D eigenvalue weighted by atomic mass is 9.91. The Labute approximate surface area is 168 Å². The number of amides is 2. The van der Waals surface area contributed by atoms with Crippen LogP contribution in [-0.4, -0.2) is 45.5 Å². The molecule has 1 aromatic rings. The van der Waals surface area contributed by atoms with Gasteiger partial charge in [0.15, 0.2) is 5.17 Å². The van der Waals surface area contributed by atoms with Gasteiger partial charge in [0, 0.05) is 19.0 Å². The van der Waals surface area contributed by atoms with Crippen LogP contribution in [0.3, 0.4) is 0 Å². The minimum atomic E-state index is -0.684. The molecule has 2 atom stereocenters. The number of likely N-dealkylation sites (tertiary alicyclic amines) is 1. The van der Waals surface area contributed by atoms with Crippen molar-refractivity contribution in [3.8, 4) is 0 Å². The average Bonchev–Trinajstić information content (AvgIpc) is 3.15. The van der Waals surface area contributed by atoms with E-state index in [1.807, 2.05) is 39.8 Å². The summed E-state index contributed by atoms with van der Waals surface area (Å²) in [7, 11) is 0. The Bertz CT molecular complexity index is 793. The van der Waals surface area contributed by atoms with Gasteiger partial charge in [0.2, 0.25) is 5.91 Å². The predicted octanol–water partition coefficient (Wildman–Crippen LogP) is 4.21. The molecule has 2 heterocycles. The zero-order valence-corrected chi connectivity index (χ0v) is 17.5. The van der Waals surface area contributed by atoms with E-state index in [1.54, 1.807) is 17.0 Å². The molecule has 8 heteroatoms. The van der Waals surface area contributed by atoms with Gasteiger partial charge in [-0.05, 0) is 46.2 Å². The van der Waals surface area contributed by atoms with Crippen LogP contribution in [0.2, 0.25) is 5.02 Å². The summed E-state index contributed by atoms with van der Waals surface area (Å²) in [4.78, 5) is 31.2. The van der Waals surface area contributed by atoms with E-state index in [2.05, 4.69) is 10.3 Å². The maximum atomic E-state index is 12.7. The van der Waals surface area contributed by atoms with Crippen molar-refractivity contribution in [1.29, 1.82) is 0 Å². The third-order valence-corrected chi connectivity index (χ3v) is 6.32. The highest BCUT2D eigenvalue weighted by Gasteiger charge is 2.51. The van der Waals surface area contributed by atoms with Crippen LogP contribution in [0.5, 0.6) is 0 Å². The van der Waals surface area contributed by atoms with Gasteiger partial charge in [-0.3, -0.25) is 4.79 Å². The third-order valence-electron chi connectivity index (χ3n) is 4.67. The van der Waals surface area contributed by atoms with Crippen molar-refractivity contribution in [2.24, 2.45) is 10.9 Å². The molecule has 0 radical (unpaired) electrons. The second kappa shape index (κ2) is 7.36. The number of nitrogens with one attached hydrogen (secondary N) is 1. The maximum Gasteiger partial charge on any atom is 0.410 e. The molecule has 2 aliphatic heterocycles. The number of benzene rings is 1. The van der Waals surface area contributed by atoms with E-state index >= 15 is 0 Å². The molecule has 3 rings (SSSR count). The SMILES string of the molecule is CC(C)(C)OC(=O)N1CCC(C2(C)SC(=Nc3ccccc3Cl)NC2=O)C1. The summed E-state index contributed by atoms with van der Waals surface area (Å²) in [6.07, 6.45) is 0.414. The van der Waals surface area contributed by atoms with Crippen LogP contribution in [0.15, 0.2) is 29.3 Å². The normalized spacial score (nSPS) is 27.1. The Hall–Kier alpha value is -1.73. The van der Waals surface area contributed by atoms with Gasteiger partial charge in [-0.2, -0.15) is 0 Å². The monoisotopic (exact) mass is 409 g/mol. The fourth-order valence-electron chi connectivity index (χ4n) is 3.17. The van der Waals surface area contributed by atoms with Crippen LogP contribution < -0.4 is 5.32 Å². The Balaban J connectivity index is 1.71. The first kappa shape index (κ1) is 20.0. The lowest BCUT2D eigenvalue weighted by Gasteiger charge is -2.28. The molecule has 0 aromatic heterocycles. The number of carbonyl (C=O) groups excluding carboxylic acids is 2. The minimum Gasteiger partial charge on any atom is -0.444 e. The first-order chi connectivity index (χ1) is 12.6. The van der Waals surface area contributed by atoms with Crippen molar-refractivity contribution in [2.45, 2.75) is 44.5 Å².